The standard InChI is InChI=1S/C33H38N2O4SSi/c1-24-20-35(32(37)34-31(24)36)28-23-40-29(30(28)38-21-25-14-8-5-9-15-25)22-39-41(33(2,3)4,26-16-10-6-11-17-26)27-18-12-7-13-19-27/h5-20,28-30H,21-23H2,1-4H3,(H,34,36,37)/t28-,29-,30+/m1/s1. The van der Waals surface area contributed by atoms with Crippen LogP contribution in [0.5, 0.6) is 0 Å². The van der Waals surface area contributed by atoms with Crippen molar-refractivity contribution < 1.29 is 9.16 Å². The van der Waals surface area contributed by atoms with Gasteiger partial charge in [-0.1, -0.05) is 112 Å². The molecule has 5 rings (SSSR count). The van der Waals surface area contributed by atoms with Crippen molar-refractivity contribution in [2.45, 2.75) is 56.7 Å². The first kappa shape index (κ1) is 29.3. The summed E-state index contributed by atoms with van der Waals surface area (Å²) in [6.07, 6.45) is 1.37. The lowest BCUT2D eigenvalue weighted by molar-refractivity contribution is 0.00682. The molecular weight excluding hydrogens is 549 g/mol. The van der Waals surface area contributed by atoms with Gasteiger partial charge in [-0.05, 0) is 27.9 Å². The Bertz CT molecular complexity index is 1510. The summed E-state index contributed by atoms with van der Waals surface area (Å²) in [6.45, 7) is 9.45. The average Bonchev–Trinajstić information content (AvgIpc) is 3.37. The van der Waals surface area contributed by atoms with Gasteiger partial charge in [0.25, 0.3) is 13.9 Å². The number of thioether (sulfide) groups is 1. The normalized spacial score (nSPS) is 19.4. The molecule has 2 heterocycles. The number of hydrogen-bond donors (Lipinski definition) is 1. The maximum Gasteiger partial charge on any atom is 0.328 e. The van der Waals surface area contributed by atoms with E-state index in [0.29, 0.717) is 24.5 Å². The topological polar surface area (TPSA) is 73.3 Å². The second kappa shape index (κ2) is 12.4. The third kappa shape index (κ3) is 6.06. The molecule has 41 heavy (non-hydrogen) atoms. The molecule has 0 amide bonds. The molecule has 1 aliphatic heterocycles. The lowest BCUT2D eigenvalue weighted by Gasteiger charge is -2.43. The predicted octanol–water partition coefficient (Wildman–Crippen LogP) is 4.66. The van der Waals surface area contributed by atoms with Crippen LogP contribution in [0.1, 0.15) is 37.9 Å². The minimum Gasteiger partial charge on any atom is -0.406 e. The molecule has 1 fully saturated rings. The first-order valence-corrected chi connectivity index (χ1v) is 17.0. The molecule has 0 spiro atoms. The number of rotatable bonds is 9. The molecular formula is C33H38N2O4SSi. The highest BCUT2D eigenvalue weighted by molar-refractivity contribution is 8.00. The van der Waals surface area contributed by atoms with E-state index in [9.17, 15) is 9.59 Å². The number of aryl methyl sites for hydroxylation is 1. The van der Waals surface area contributed by atoms with Crippen LogP contribution in [-0.4, -0.2) is 41.6 Å². The van der Waals surface area contributed by atoms with Crippen LogP contribution in [0.15, 0.2) is 107 Å². The summed E-state index contributed by atoms with van der Waals surface area (Å²) in [5, 5.41) is 2.30. The van der Waals surface area contributed by atoms with E-state index in [4.69, 9.17) is 9.16 Å². The van der Waals surface area contributed by atoms with Crippen molar-refractivity contribution in [3.05, 3.63) is 129 Å². The quantitative estimate of drug-likeness (QED) is 0.289. The van der Waals surface area contributed by atoms with Gasteiger partial charge < -0.3 is 9.16 Å². The van der Waals surface area contributed by atoms with Crippen molar-refractivity contribution in [3.63, 3.8) is 0 Å². The Kier molecular flexibility index (Phi) is 8.84. The van der Waals surface area contributed by atoms with E-state index in [2.05, 4.69) is 74.3 Å². The van der Waals surface area contributed by atoms with Crippen LogP contribution in [0.2, 0.25) is 5.04 Å². The van der Waals surface area contributed by atoms with Gasteiger partial charge in [0.05, 0.1) is 24.0 Å². The summed E-state index contributed by atoms with van der Waals surface area (Å²) >= 11 is 1.77. The molecule has 8 heteroatoms. The summed E-state index contributed by atoms with van der Waals surface area (Å²) in [4.78, 5) is 27.5. The number of ether oxygens (including phenoxy) is 1. The lowest BCUT2D eigenvalue weighted by Crippen LogP contribution is -2.67. The number of aromatic nitrogens is 2. The highest BCUT2D eigenvalue weighted by Gasteiger charge is 2.51. The molecule has 1 aliphatic rings. The van der Waals surface area contributed by atoms with Crippen molar-refractivity contribution in [2.75, 3.05) is 12.4 Å². The van der Waals surface area contributed by atoms with Crippen LogP contribution in [0.4, 0.5) is 0 Å². The summed E-state index contributed by atoms with van der Waals surface area (Å²) in [5.41, 5.74) is 0.807. The summed E-state index contributed by atoms with van der Waals surface area (Å²) in [7, 11) is -2.75. The van der Waals surface area contributed by atoms with E-state index in [1.807, 2.05) is 42.5 Å². The van der Waals surface area contributed by atoms with Crippen LogP contribution in [-0.2, 0) is 15.8 Å². The average molecular weight is 587 g/mol. The Morgan fingerprint density at radius 2 is 1.46 bits per heavy atom. The van der Waals surface area contributed by atoms with Gasteiger partial charge in [0.1, 0.15) is 0 Å². The molecule has 1 saturated heterocycles. The minimum atomic E-state index is -2.75. The van der Waals surface area contributed by atoms with Crippen molar-refractivity contribution in [1.29, 1.82) is 0 Å². The molecule has 0 radical (unpaired) electrons. The number of H-pyrrole nitrogens is 1. The van der Waals surface area contributed by atoms with Gasteiger partial charge in [-0.15, -0.1) is 0 Å². The van der Waals surface area contributed by atoms with Gasteiger partial charge in [0.2, 0.25) is 0 Å². The van der Waals surface area contributed by atoms with Crippen LogP contribution in [0, 0.1) is 6.92 Å². The SMILES string of the molecule is Cc1cn([C@@H]2CS[C@H](CO[Si](c3ccccc3)(c3ccccc3)C(C)(C)C)[C@H]2OCc2ccccc2)c(=O)[nH]c1=O. The van der Waals surface area contributed by atoms with Gasteiger partial charge in [-0.25, -0.2) is 4.79 Å². The van der Waals surface area contributed by atoms with Crippen molar-refractivity contribution in [1.82, 2.24) is 9.55 Å². The molecule has 0 aliphatic carbocycles. The Balaban J connectivity index is 1.51. The van der Waals surface area contributed by atoms with E-state index in [1.165, 1.54) is 10.4 Å². The van der Waals surface area contributed by atoms with E-state index in [0.717, 1.165) is 5.56 Å². The maximum atomic E-state index is 12.9. The zero-order valence-corrected chi connectivity index (χ0v) is 25.9. The van der Waals surface area contributed by atoms with Crippen LogP contribution < -0.4 is 21.6 Å². The Hall–Kier alpha value is -3.17. The second-order valence-corrected chi connectivity index (χ2v) is 17.2. The number of hydrogen-bond acceptors (Lipinski definition) is 5. The maximum absolute atomic E-state index is 12.9. The fraction of sp³-hybridized carbons (Fsp3) is 0.333. The summed E-state index contributed by atoms with van der Waals surface area (Å²) < 4.78 is 15.5. The largest absolute Gasteiger partial charge is 0.406 e. The number of nitrogens with zero attached hydrogens (tertiary/aromatic N) is 1. The summed E-state index contributed by atoms with van der Waals surface area (Å²) in [5.74, 6) is 0.680. The molecule has 6 nitrogen and oxygen atoms in total. The van der Waals surface area contributed by atoms with Crippen LogP contribution in [0.25, 0.3) is 0 Å². The number of nitrogens with one attached hydrogen (secondary N) is 1. The molecule has 0 saturated carbocycles. The second-order valence-electron chi connectivity index (χ2n) is 11.7. The van der Waals surface area contributed by atoms with Crippen molar-refractivity contribution in [2.24, 2.45) is 0 Å². The van der Waals surface area contributed by atoms with E-state index >= 15 is 0 Å². The molecule has 3 aromatic carbocycles. The van der Waals surface area contributed by atoms with E-state index < -0.39 is 14.0 Å². The Morgan fingerprint density at radius 1 is 0.902 bits per heavy atom. The molecule has 3 atom stereocenters. The van der Waals surface area contributed by atoms with E-state index in [-0.39, 0.29) is 28.0 Å². The number of aromatic amines is 1. The molecule has 1 N–H and O–H groups in total. The molecule has 214 valence electrons. The van der Waals surface area contributed by atoms with Gasteiger partial charge in [0, 0.05) is 24.1 Å². The van der Waals surface area contributed by atoms with Gasteiger partial charge in [0.15, 0.2) is 0 Å². The highest BCUT2D eigenvalue weighted by Crippen LogP contribution is 2.41. The first-order chi connectivity index (χ1) is 19.7. The first-order valence-electron chi connectivity index (χ1n) is 14.0. The highest BCUT2D eigenvalue weighted by atomic mass is 32.2. The number of benzene rings is 3. The Labute approximate surface area is 246 Å². The molecule has 0 bridgehead atoms. The smallest absolute Gasteiger partial charge is 0.328 e. The predicted molar refractivity (Wildman–Crippen MR) is 170 cm³/mol. The van der Waals surface area contributed by atoms with Crippen LogP contribution >= 0.6 is 11.8 Å². The lowest BCUT2D eigenvalue weighted by atomic mass is 10.1. The van der Waals surface area contributed by atoms with Gasteiger partial charge in [-0.2, -0.15) is 11.8 Å². The third-order valence-corrected chi connectivity index (χ3v) is 14.3. The zero-order chi connectivity index (χ0) is 29.0. The third-order valence-electron chi connectivity index (χ3n) is 7.90. The minimum absolute atomic E-state index is 0.00973. The fourth-order valence-electron chi connectivity index (χ4n) is 5.83. The molecule has 0 unspecified atom stereocenters. The summed E-state index contributed by atoms with van der Waals surface area (Å²) in [6, 6.07) is 31.1. The molecule has 1 aromatic heterocycles. The van der Waals surface area contributed by atoms with Gasteiger partial charge >= 0.3 is 5.69 Å². The van der Waals surface area contributed by atoms with Crippen LogP contribution in [0.3, 0.4) is 0 Å². The van der Waals surface area contributed by atoms with Gasteiger partial charge in [-0.3, -0.25) is 14.3 Å². The Morgan fingerprint density at radius 3 is 2.02 bits per heavy atom. The molecule has 4 aromatic rings. The fourth-order valence-corrected chi connectivity index (χ4v) is 11.9. The van der Waals surface area contributed by atoms with Crippen molar-refractivity contribution >= 4 is 30.5 Å². The van der Waals surface area contributed by atoms with Crippen molar-refractivity contribution in [3.8, 4) is 0 Å². The zero-order valence-electron chi connectivity index (χ0n) is 24.1. The van der Waals surface area contributed by atoms with E-state index in [1.54, 1.807) is 29.4 Å². The monoisotopic (exact) mass is 586 g/mol.